The lowest BCUT2D eigenvalue weighted by molar-refractivity contribution is -0.870. The molecule has 0 amide bonds. The van der Waals surface area contributed by atoms with Crippen LogP contribution in [0.25, 0.3) is 28.1 Å². The Morgan fingerprint density at radius 2 is 1.79 bits per heavy atom. The third kappa shape index (κ3) is 8.70. The molecule has 0 radical (unpaired) electrons. The number of halogens is 1. The minimum atomic E-state index is -1.36. The summed E-state index contributed by atoms with van der Waals surface area (Å²) >= 11 is 0. The van der Waals surface area contributed by atoms with E-state index >= 15 is 0 Å². The van der Waals surface area contributed by atoms with Gasteiger partial charge in [-0.1, -0.05) is 42.5 Å². The van der Waals surface area contributed by atoms with Gasteiger partial charge in [-0.3, -0.25) is 4.98 Å². The summed E-state index contributed by atoms with van der Waals surface area (Å²) in [6.45, 7) is 1.11. The van der Waals surface area contributed by atoms with Crippen LogP contribution in [0.15, 0.2) is 54.6 Å². The van der Waals surface area contributed by atoms with E-state index in [-0.39, 0.29) is 18.8 Å². The molecular weight excluding hydrogens is 487 g/mol. The Bertz CT molecular complexity index is 1250. The molecule has 2 aromatic carbocycles. The average molecular weight is 525 g/mol. The summed E-state index contributed by atoms with van der Waals surface area (Å²) in [5.74, 6) is -1.36. The van der Waals surface area contributed by atoms with Gasteiger partial charge in [-0.05, 0) is 36.6 Å². The first-order chi connectivity index (χ1) is 18.0. The number of rotatable bonds is 10. The van der Waals surface area contributed by atoms with Crippen molar-refractivity contribution in [3.63, 3.8) is 0 Å². The highest BCUT2D eigenvalue weighted by Crippen LogP contribution is 2.45. The molecule has 3 N–H and O–H groups in total. The molecule has 38 heavy (non-hydrogen) atoms. The van der Waals surface area contributed by atoms with E-state index in [2.05, 4.69) is 21.1 Å². The number of carboxylic acids is 1. The summed E-state index contributed by atoms with van der Waals surface area (Å²) in [4.78, 5) is 15.5. The number of carboxylic acid groups (broad SMARTS) is 1. The number of aromatic nitrogens is 1. The highest BCUT2D eigenvalue weighted by atomic mass is 19.1. The molecule has 0 unspecified atom stereocenters. The van der Waals surface area contributed by atoms with Crippen molar-refractivity contribution in [2.24, 2.45) is 0 Å². The SMILES string of the molecule is C[N+](C)(C)CCO.O=C([O-])C[C@H](O)C[C@H](O)/C=C/c1c(C2CC2)nc2ccccc2c1-c1ccc(F)cc1. The molecule has 0 saturated heterocycles. The number of benzene rings is 2. The maximum absolute atomic E-state index is 13.6. The van der Waals surface area contributed by atoms with Crippen LogP contribution < -0.4 is 5.11 Å². The van der Waals surface area contributed by atoms with Crippen molar-refractivity contribution in [2.45, 2.75) is 43.8 Å². The standard InChI is InChI=1S/C25H24FNO4.C5H14NO/c26-17-9-7-15(8-10-17)24-20-3-1-2-4-22(20)27-25(16-5-6-16)21(24)12-11-18(28)13-19(29)14-23(30)31;1-6(2,3)4-5-7/h1-4,7-12,16,18-19,28-29H,5-6,13-14H2,(H,30,31);7H,4-5H2,1-3H3/q;+1/p-1/b12-11+;/t18-,19-;/m1./s1. The van der Waals surface area contributed by atoms with Crippen LogP contribution in [0.2, 0.25) is 0 Å². The number of nitrogens with zero attached hydrogens (tertiary/aromatic N) is 2. The summed E-state index contributed by atoms with van der Waals surface area (Å²) in [5.41, 5.74) is 4.38. The lowest BCUT2D eigenvalue weighted by Gasteiger charge is -2.21. The topological polar surface area (TPSA) is 114 Å². The molecule has 8 heteroatoms. The monoisotopic (exact) mass is 524 g/mol. The van der Waals surface area contributed by atoms with Crippen LogP contribution in [-0.4, -0.2) is 77.3 Å². The third-order valence-electron chi connectivity index (χ3n) is 6.23. The van der Waals surface area contributed by atoms with Crippen molar-refractivity contribution in [3.8, 4) is 11.1 Å². The molecule has 4 rings (SSSR count). The zero-order valence-electron chi connectivity index (χ0n) is 22.2. The fraction of sp³-hybridized carbons (Fsp3) is 0.400. The first kappa shape index (κ1) is 29.4. The van der Waals surface area contributed by atoms with Gasteiger partial charge in [0.2, 0.25) is 0 Å². The quantitative estimate of drug-likeness (QED) is 0.352. The van der Waals surface area contributed by atoms with Crippen LogP contribution in [0, 0.1) is 5.82 Å². The summed E-state index contributed by atoms with van der Waals surface area (Å²) in [7, 11) is 6.16. The zero-order chi connectivity index (χ0) is 27.9. The number of quaternary nitrogens is 1. The molecular formula is C30H37FN2O5. The Labute approximate surface area is 223 Å². The van der Waals surface area contributed by atoms with E-state index in [1.165, 1.54) is 12.1 Å². The van der Waals surface area contributed by atoms with Crippen molar-refractivity contribution in [1.82, 2.24) is 4.98 Å². The molecule has 1 aliphatic carbocycles. The van der Waals surface area contributed by atoms with E-state index in [1.807, 2.05) is 24.3 Å². The number of para-hydroxylation sites is 1. The average Bonchev–Trinajstić information content (AvgIpc) is 3.67. The third-order valence-corrected chi connectivity index (χ3v) is 6.23. The molecule has 1 aliphatic rings. The highest BCUT2D eigenvalue weighted by Gasteiger charge is 2.29. The summed E-state index contributed by atoms with van der Waals surface area (Å²) in [6.07, 6.45) is 2.51. The first-order valence-corrected chi connectivity index (χ1v) is 12.8. The molecule has 3 aromatic rings. The van der Waals surface area contributed by atoms with Crippen molar-refractivity contribution in [3.05, 3.63) is 71.7 Å². The second kappa shape index (κ2) is 13.1. The maximum Gasteiger partial charge on any atom is 0.123 e. The minimum Gasteiger partial charge on any atom is -0.550 e. The Morgan fingerprint density at radius 1 is 1.13 bits per heavy atom. The number of carbonyl (C=O) groups excluding carboxylic acids is 1. The van der Waals surface area contributed by atoms with Gasteiger partial charge in [0, 0.05) is 41.2 Å². The Morgan fingerprint density at radius 3 is 2.34 bits per heavy atom. The van der Waals surface area contributed by atoms with Gasteiger partial charge in [0.1, 0.15) is 12.4 Å². The van der Waals surface area contributed by atoms with Gasteiger partial charge in [-0.15, -0.1) is 0 Å². The maximum atomic E-state index is 13.6. The Kier molecular flexibility index (Phi) is 10.1. The van der Waals surface area contributed by atoms with Gasteiger partial charge in [-0.25, -0.2) is 4.39 Å². The molecule has 0 aliphatic heterocycles. The molecule has 1 saturated carbocycles. The predicted molar refractivity (Wildman–Crippen MR) is 144 cm³/mol. The van der Waals surface area contributed by atoms with E-state index in [0.717, 1.165) is 57.2 Å². The molecule has 1 aromatic heterocycles. The van der Waals surface area contributed by atoms with Crippen LogP contribution in [0.4, 0.5) is 4.39 Å². The number of aliphatic hydroxyl groups excluding tert-OH is 3. The number of hydrogen-bond acceptors (Lipinski definition) is 6. The smallest absolute Gasteiger partial charge is 0.123 e. The van der Waals surface area contributed by atoms with Crippen LogP contribution in [0.5, 0.6) is 0 Å². The van der Waals surface area contributed by atoms with Gasteiger partial charge in [0.15, 0.2) is 0 Å². The number of hydrogen-bond donors (Lipinski definition) is 3. The fourth-order valence-corrected chi connectivity index (χ4v) is 4.15. The van der Waals surface area contributed by atoms with Gasteiger partial charge in [0.25, 0.3) is 0 Å². The van der Waals surface area contributed by atoms with Crippen molar-refractivity contribution in [1.29, 1.82) is 0 Å². The normalized spacial score (nSPS) is 15.2. The van der Waals surface area contributed by atoms with E-state index in [1.54, 1.807) is 24.3 Å². The van der Waals surface area contributed by atoms with Crippen LogP contribution in [0.3, 0.4) is 0 Å². The number of aliphatic carboxylic acids is 1. The number of fused-ring (bicyclic) bond motifs is 1. The van der Waals surface area contributed by atoms with Gasteiger partial charge in [-0.2, -0.15) is 0 Å². The van der Waals surface area contributed by atoms with Crippen LogP contribution >= 0.6 is 0 Å². The lowest BCUT2D eigenvalue weighted by Crippen LogP contribution is -2.36. The first-order valence-electron chi connectivity index (χ1n) is 12.8. The number of likely N-dealkylation sites (N-methyl/N-ethyl adjacent to an activating group) is 1. The molecule has 1 heterocycles. The minimum absolute atomic E-state index is 0.115. The van der Waals surface area contributed by atoms with Crippen molar-refractivity contribution < 1.29 is 34.1 Å². The molecule has 0 spiro atoms. The van der Waals surface area contributed by atoms with E-state index in [9.17, 15) is 24.5 Å². The van der Waals surface area contributed by atoms with Crippen molar-refractivity contribution in [2.75, 3.05) is 34.3 Å². The van der Waals surface area contributed by atoms with E-state index < -0.39 is 24.6 Å². The summed E-state index contributed by atoms with van der Waals surface area (Å²) < 4.78 is 14.4. The van der Waals surface area contributed by atoms with Gasteiger partial charge in [0.05, 0.1) is 51.2 Å². The summed E-state index contributed by atoms with van der Waals surface area (Å²) in [6, 6.07) is 14.1. The summed E-state index contributed by atoms with van der Waals surface area (Å²) in [5, 5.41) is 40.0. The van der Waals surface area contributed by atoms with Gasteiger partial charge < -0.3 is 29.7 Å². The van der Waals surface area contributed by atoms with Gasteiger partial charge >= 0.3 is 0 Å². The molecule has 0 bridgehead atoms. The Balaban J connectivity index is 0.000000505. The van der Waals surface area contributed by atoms with Crippen LogP contribution in [0.1, 0.15) is 42.9 Å². The molecule has 204 valence electrons. The molecule has 7 nitrogen and oxygen atoms in total. The fourth-order valence-electron chi connectivity index (χ4n) is 4.15. The second-order valence-electron chi connectivity index (χ2n) is 10.7. The number of pyridine rings is 1. The zero-order valence-corrected chi connectivity index (χ0v) is 22.2. The van der Waals surface area contributed by atoms with E-state index in [4.69, 9.17) is 10.1 Å². The number of aliphatic hydroxyl groups is 3. The largest absolute Gasteiger partial charge is 0.550 e. The number of carbonyl (C=O) groups is 1. The van der Waals surface area contributed by atoms with Crippen molar-refractivity contribution >= 4 is 22.9 Å². The highest BCUT2D eigenvalue weighted by molar-refractivity contribution is 5.99. The van der Waals surface area contributed by atoms with Crippen LogP contribution in [-0.2, 0) is 4.79 Å². The second-order valence-corrected chi connectivity index (χ2v) is 10.7. The molecule has 2 atom stereocenters. The predicted octanol–water partition coefficient (Wildman–Crippen LogP) is 2.87. The van der Waals surface area contributed by atoms with E-state index in [0.29, 0.717) is 5.92 Å². The Hall–Kier alpha value is -3.17. The molecule has 1 fully saturated rings. The lowest BCUT2D eigenvalue weighted by atomic mass is 9.92.